The van der Waals surface area contributed by atoms with Crippen LogP contribution in [0.3, 0.4) is 0 Å². The largest absolute Gasteiger partial charge is 0.495 e. The average molecular weight is 400 g/mol. The van der Waals surface area contributed by atoms with Gasteiger partial charge in [0.25, 0.3) is 5.56 Å². The normalized spacial score (nSPS) is 12.0. The number of fused-ring (bicyclic) bond motifs is 1. The molecule has 0 fully saturated rings. The first-order chi connectivity index (χ1) is 13.0. The summed E-state index contributed by atoms with van der Waals surface area (Å²) in [7, 11) is 1.54. The zero-order chi connectivity index (χ0) is 19.6. The summed E-state index contributed by atoms with van der Waals surface area (Å²) in [5.41, 5.74) is 1.84. The minimum atomic E-state index is -0.187. The number of halogens is 1. The Morgan fingerprint density at radius 2 is 2.11 bits per heavy atom. The molecule has 0 aliphatic carbocycles. The van der Waals surface area contributed by atoms with Gasteiger partial charge in [0.15, 0.2) is 5.16 Å². The molecule has 1 aromatic heterocycles. The summed E-state index contributed by atoms with van der Waals surface area (Å²) in [5, 5.41) is 10.7. The van der Waals surface area contributed by atoms with Gasteiger partial charge in [-0.25, -0.2) is 4.98 Å². The maximum Gasteiger partial charge on any atom is 0.266 e. The van der Waals surface area contributed by atoms with Crippen LogP contribution in [0, 0.1) is 24.2 Å². The van der Waals surface area contributed by atoms with E-state index in [1.807, 2.05) is 38.1 Å². The molecular formula is C20H18ClN3O2S. The van der Waals surface area contributed by atoms with Gasteiger partial charge in [0.2, 0.25) is 0 Å². The van der Waals surface area contributed by atoms with Gasteiger partial charge < -0.3 is 4.74 Å². The van der Waals surface area contributed by atoms with Gasteiger partial charge in [-0.3, -0.25) is 9.36 Å². The molecular weight excluding hydrogens is 382 g/mol. The lowest BCUT2D eigenvalue weighted by Gasteiger charge is -2.17. The highest BCUT2D eigenvalue weighted by Crippen LogP contribution is 2.32. The van der Waals surface area contributed by atoms with E-state index in [2.05, 4.69) is 11.1 Å². The molecule has 3 rings (SSSR count). The molecule has 1 heterocycles. The lowest BCUT2D eigenvalue weighted by Crippen LogP contribution is -2.22. The highest BCUT2D eigenvalue weighted by atomic mass is 35.5. The SMILES string of the molecule is COc1cc(Cl)c(C)cc1-n1c(SC[C@H](C)C#N)nc2ccccc2c1=O. The first-order valence-electron chi connectivity index (χ1n) is 8.35. The number of nitrogens with zero attached hydrogens (tertiary/aromatic N) is 3. The van der Waals surface area contributed by atoms with Gasteiger partial charge >= 0.3 is 0 Å². The van der Waals surface area contributed by atoms with Crippen molar-refractivity contribution in [3.63, 3.8) is 0 Å². The topological polar surface area (TPSA) is 67.9 Å². The Bertz CT molecular complexity index is 1100. The summed E-state index contributed by atoms with van der Waals surface area (Å²) in [4.78, 5) is 18.0. The zero-order valence-electron chi connectivity index (χ0n) is 15.2. The predicted molar refractivity (Wildman–Crippen MR) is 109 cm³/mol. The van der Waals surface area contributed by atoms with Crippen molar-refractivity contribution in [3.05, 3.63) is 57.3 Å². The first-order valence-corrected chi connectivity index (χ1v) is 9.71. The Hall–Kier alpha value is -2.49. The second kappa shape index (κ2) is 8.03. The lowest BCUT2D eigenvalue weighted by molar-refractivity contribution is 0.411. The van der Waals surface area contributed by atoms with Crippen molar-refractivity contribution in [3.8, 4) is 17.5 Å². The van der Waals surface area contributed by atoms with E-state index in [-0.39, 0.29) is 11.5 Å². The number of nitriles is 1. The van der Waals surface area contributed by atoms with Gasteiger partial charge in [-0.2, -0.15) is 5.26 Å². The fourth-order valence-electron chi connectivity index (χ4n) is 2.64. The molecule has 0 N–H and O–H groups in total. The maximum atomic E-state index is 13.3. The molecule has 0 spiro atoms. The fraction of sp³-hybridized carbons (Fsp3) is 0.250. The van der Waals surface area contributed by atoms with Gasteiger partial charge in [-0.05, 0) is 37.6 Å². The number of ether oxygens (including phenoxy) is 1. The van der Waals surface area contributed by atoms with Gasteiger partial charge in [-0.1, -0.05) is 35.5 Å². The summed E-state index contributed by atoms with van der Waals surface area (Å²) < 4.78 is 7.01. The Balaban J connectivity index is 2.30. The van der Waals surface area contributed by atoms with Crippen molar-refractivity contribution in [2.24, 2.45) is 5.92 Å². The van der Waals surface area contributed by atoms with E-state index < -0.39 is 0 Å². The third kappa shape index (κ3) is 3.80. The number of hydrogen-bond acceptors (Lipinski definition) is 5. The van der Waals surface area contributed by atoms with Gasteiger partial charge in [-0.15, -0.1) is 0 Å². The quantitative estimate of drug-likeness (QED) is 0.463. The number of rotatable bonds is 5. The Morgan fingerprint density at radius 1 is 1.37 bits per heavy atom. The summed E-state index contributed by atoms with van der Waals surface area (Å²) in [6, 6.07) is 12.9. The molecule has 138 valence electrons. The number of methoxy groups -OCH3 is 1. The molecule has 0 radical (unpaired) electrons. The summed E-state index contributed by atoms with van der Waals surface area (Å²) in [5.74, 6) is 0.844. The van der Waals surface area contributed by atoms with E-state index in [9.17, 15) is 4.79 Å². The number of aromatic nitrogens is 2. The molecule has 0 unspecified atom stereocenters. The van der Waals surface area contributed by atoms with Crippen LogP contribution in [-0.4, -0.2) is 22.4 Å². The number of benzene rings is 2. The Kier molecular flexibility index (Phi) is 5.73. The van der Waals surface area contributed by atoms with Crippen molar-refractivity contribution < 1.29 is 4.74 Å². The molecule has 0 bridgehead atoms. The van der Waals surface area contributed by atoms with E-state index in [0.29, 0.717) is 38.3 Å². The number of aryl methyl sites for hydroxylation is 1. The Morgan fingerprint density at radius 3 is 2.81 bits per heavy atom. The van der Waals surface area contributed by atoms with Crippen molar-refractivity contribution in [1.29, 1.82) is 5.26 Å². The highest BCUT2D eigenvalue weighted by Gasteiger charge is 2.18. The van der Waals surface area contributed by atoms with Crippen LogP contribution in [0.15, 0.2) is 46.3 Å². The van der Waals surface area contributed by atoms with Crippen molar-refractivity contribution in [2.45, 2.75) is 19.0 Å². The van der Waals surface area contributed by atoms with Crippen LogP contribution in [0.1, 0.15) is 12.5 Å². The number of para-hydroxylation sites is 1. The monoisotopic (exact) mass is 399 g/mol. The maximum absolute atomic E-state index is 13.3. The van der Waals surface area contributed by atoms with Gasteiger partial charge in [0.1, 0.15) is 5.75 Å². The first kappa shape index (κ1) is 19.3. The zero-order valence-corrected chi connectivity index (χ0v) is 16.8. The Labute approximate surface area is 166 Å². The van der Waals surface area contributed by atoms with E-state index in [1.165, 1.54) is 18.9 Å². The second-order valence-corrected chi connectivity index (χ2v) is 7.56. The highest BCUT2D eigenvalue weighted by molar-refractivity contribution is 7.99. The number of hydrogen-bond donors (Lipinski definition) is 0. The second-order valence-electron chi connectivity index (χ2n) is 6.17. The number of thioether (sulfide) groups is 1. The molecule has 2 aromatic carbocycles. The summed E-state index contributed by atoms with van der Waals surface area (Å²) >= 11 is 7.60. The minimum Gasteiger partial charge on any atom is -0.495 e. The van der Waals surface area contributed by atoms with Crippen LogP contribution >= 0.6 is 23.4 Å². The van der Waals surface area contributed by atoms with E-state index in [4.69, 9.17) is 21.6 Å². The smallest absolute Gasteiger partial charge is 0.266 e. The molecule has 1 atom stereocenters. The summed E-state index contributed by atoms with van der Waals surface area (Å²) in [6.07, 6.45) is 0. The van der Waals surface area contributed by atoms with Gasteiger partial charge in [0.05, 0.1) is 35.7 Å². The molecule has 0 saturated carbocycles. The molecule has 27 heavy (non-hydrogen) atoms. The van der Waals surface area contributed by atoms with Crippen LogP contribution in [0.25, 0.3) is 16.6 Å². The van der Waals surface area contributed by atoms with Crippen LogP contribution in [0.4, 0.5) is 0 Å². The van der Waals surface area contributed by atoms with Crippen LogP contribution in [0.5, 0.6) is 5.75 Å². The van der Waals surface area contributed by atoms with E-state index in [0.717, 1.165) is 5.56 Å². The van der Waals surface area contributed by atoms with Crippen LogP contribution < -0.4 is 10.3 Å². The minimum absolute atomic E-state index is 0.166. The van der Waals surface area contributed by atoms with Crippen molar-refractivity contribution >= 4 is 34.3 Å². The predicted octanol–water partition coefficient (Wildman–Crippen LogP) is 4.61. The van der Waals surface area contributed by atoms with E-state index >= 15 is 0 Å². The van der Waals surface area contributed by atoms with Crippen LogP contribution in [0.2, 0.25) is 5.02 Å². The third-order valence-electron chi connectivity index (χ3n) is 4.13. The standard InChI is InChI=1S/C20H18ClN3O2S/c1-12(10-22)11-27-20-23-16-7-5-4-6-14(16)19(25)24(20)17-8-13(2)15(21)9-18(17)26-3/h4-9,12H,11H2,1-3H3/t12-/m1/s1. The molecule has 0 aliphatic heterocycles. The molecule has 3 aromatic rings. The summed E-state index contributed by atoms with van der Waals surface area (Å²) in [6.45, 7) is 3.71. The van der Waals surface area contributed by atoms with Crippen molar-refractivity contribution in [1.82, 2.24) is 9.55 Å². The molecule has 0 amide bonds. The fourth-order valence-corrected chi connectivity index (χ4v) is 3.75. The van der Waals surface area contributed by atoms with Gasteiger partial charge in [0, 0.05) is 16.8 Å². The van der Waals surface area contributed by atoms with Crippen LogP contribution in [-0.2, 0) is 0 Å². The molecule has 7 heteroatoms. The average Bonchev–Trinajstić information content (AvgIpc) is 2.68. The van der Waals surface area contributed by atoms with Crippen molar-refractivity contribution in [2.75, 3.05) is 12.9 Å². The lowest BCUT2D eigenvalue weighted by atomic mass is 10.2. The molecule has 0 aliphatic rings. The third-order valence-corrected chi connectivity index (χ3v) is 5.73. The van der Waals surface area contributed by atoms with E-state index in [1.54, 1.807) is 16.7 Å². The molecule has 0 saturated heterocycles. The molecule has 5 nitrogen and oxygen atoms in total.